The Labute approximate surface area is 97.3 Å². The fraction of sp³-hybridized carbons (Fsp3) is 0. The highest BCUT2D eigenvalue weighted by Crippen LogP contribution is 2.71. The maximum Gasteiger partial charge on any atom is 0.153 e. The summed E-state index contributed by atoms with van der Waals surface area (Å²) in [4.78, 5) is 8.68. The van der Waals surface area contributed by atoms with E-state index >= 15 is 0 Å². The first kappa shape index (κ1) is 10.6. The summed E-state index contributed by atoms with van der Waals surface area (Å²) < 4.78 is 0. The molecule has 0 aromatic carbocycles. The van der Waals surface area contributed by atoms with Crippen molar-refractivity contribution in [1.29, 1.82) is 0 Å². The topological polar surface area (TPSA) is 77.8 Å². The number of nitrogens with zero attached hydrogens (tertiary/aromatic N) is 2. The zero-order valence-electron chi connectivity index (χ0n) is 7.52. The van der Waals surface area contributed by atoms with Crippen LogP contribution in [0.25, 0.3) is 4.91 Å². The number of nitrogens with two attached hydrogens (primary N) is 2. The van der Waals surface area contributed by atoms with E-state index in [1.165, 1.54) is 6.20 Å². The molecule has 0 fully saturated rings. The molecule has 7 heteroatoms. The fourth-order valence-electron chi connectivity index (χ4n) is 1.20. The van der Waals surface area contributed by atoms with E-state index in [4.69, 9.17) is 32.8 Å². The summed E-state index contributed by atoms with van der Waals surface area (Å²) in [7, 11) is 10.3. The predicted octanol–water partition coefficient (Wildman–Crippen LogP) is 2.62. The van der Waals surface area contributed by atoms with Crippen molar-refractivity contribution in [3.8, 4) is 0 Å². The number of halogens is 2. The van der Waals surface area contributed by atoms with Gasteiger partial charge in [0.1, 0.15) is 11.5 Å². The van der Waals surface area contributed by atoms with Crippen LogP contribution in [0.15, 0.2) is 23.8 Å². The van der Waals surface area contributed by atoms with Crippen LogP contribution in [0.2, 0.25) is 0 Å². The molecule has 1 aromatic rings. The number of nitrogen functional groups attached to an aromatic ring is 2. The second kappa shape index (κ2) is 3.59. The van der Waals surface area contributed by atoms with E-state index in [2.05, 4.69) is 9.97 Å². The third kappa shape index (κ3) is 1.90. The van der Waals surface area contributed by atoms with E-state index in [1.54, 1.807) is 17.6 Å². The van der Waals surface area contributed by atoms with Gasteiger partial charge in [-0.1, -0.05) is 6.08 Å². The van der Waals surface area contributed by atoms with Gasteiger partial charge in [-0.25, -0.2) is 9.97 Å². The smallest absolute Gasteiger partial charge is 0.153 e. The molecular formula is C8H8Cl2N4S. The van der Waals surface area contributed by atoms with Crippen molar-refractivity contribution in [2.45, 2.75) is 0 Å². The molecule has 0 saturated heterocycles. The lowest BCUT2D eigenvalue weighted by molar-refractivity contribution is 1.20. The maximum atomic E-state index is 6.12. The first-order valence-electron chi connectivity index (χ1n) is 4.00. The standard InChI is InChI=1S/C8H8Cl2N4S/c9-15(10)3-1-2-5(15)7-8(12)14-6(11)4-13-7/h1-4H,(H4,11,12,14). The molecule has 0 aliphatic carbocycles. The van der Waals surface area contributed by atoms with E-state index in [0.717, 1.165) is 0 Å². The molecule has 1 aliphatic rings. The van der Waals surface area contributed by atoms with Crippen LogP contribution in [0, 0.1) is 0 Å². The van der Waals surface area contributed by atoms with Gasteiger partial charge in [0.15, 0.2) is 5.82 Å². The van der Waals surface area contributed by atoms with E-state index in [0.29, 0.717) is 10.6 Å². The van der Waals surface area contributed by atoms with Crippen molar-refractivity contribution >= 4 is 46.4 Å². The minimum Gasteiger partial charge on any atom is -0.382 e. The summed E-state index contributed by atoms with van der Waals surface area (Å²) in [5.74, 6) is 0.510. The van der Waals surface area contributed by atoms with Gasteiger partial charge in [-0.3, -0.25) is 0 Å². The van der Waals surface area contributed by atoms with Crippen molar-refractivity contribution in [1.82, 2.24) is 9.97 Å². The van der Waals surface area contributed by atoms with Crippen LogP contribution in [-0.2, 0) is 0 Å². The third-order valence-electron chi connectivity index (χ3n) is 1.84. The van der Waals surface area contributed by atoms with E-state index in [-0.39, 0.29) is 11.6 Å². The van der Waals surface area contributed by atoms with Crippen molar-refractivity contribution in [3.63, 3.8) is 0 Å². The van der Waals surface area contributed by atoms with E-state index in [9.17, 15) is 0 Å². The van der Waals surface area contributed by atoms with Crippen LogP contribution < -0.4 is 11.5 Å². The second-order valence-corrected chi connectivity index (χ2v) is 8.02. The molecule has 0 spiro atoms. The van der Waals surface area contributed by atoms with Gasteiger partial charge in [0.2, 0.25) is 0 Å². The number of hydrogen-bond donors (Lipinski definition) is 2. The minimum absolute atomic E-state index is 0.239. The Morgan fingerprint density at radius 3 is 2.53 bits per heavy atom. The second-order valence-electron chi connectivity index (χ2n) is 2.90. The van der Waals surface area contributed by atoms with Crippen molar-refractivity contribution in [2.24, 2.45) is 0 Å². The quantitative estimate of drug-likeness (QED) is 0.816. The Hall–Kier alpha value is -0.910. The van der Waals surface area contributed by atoms with Gasteiger partial charge in [-0.15, -0.1) is 0 Å². The Balaban J connectivity index is 2.48. The molecule has 4 N–H and O–H groups in total. The molecule has 0 radical (unpaired) electrons. The Bertz CT molecular complexity index is 470. The summed E-state index contributed by atoms with van der Waals surface area (Å²) >= 11 is 0. The number of aromatic nitrogens is 2. The summed E-state index contributed by atoms with van der Waals surface area (Å²) in [6.07, 6.45) is 4.99. The van der Waals surface area contributed by atoms with E-state index < -0.39 is 8.46 Å². The van der Waals surface area contributed by atoms with Gasteiger partial charge in [-0.05, 0) is 41.3 Å². The molecule has 0 saturated carbocycles. The molecule has 0 atom stereocenters. The zero-order valence-corrected chi connectivity index (χ0v) is 9.85. The zero-order chi connectivity index (χ0) is 11.1. The van der Waals surface area contributed by atoms with Crippen LogP contribution in [0.3, 0.4) is 0 Å². The Kier molecular flexibility index (Phi) is 2.54. The van der Waals surface area contributed by atoms with Crippen LogP contribution >= 0.6 is 29.8 Å². The maximum absolute atomic E-state index is 6.12. The van der Waals surface area contributed by atoms with Gasteiger partial charge in [0.05, 0.1) is 11.1 Å². The molecule has 2 rings (SSSR count). The van der Waals surface area contributed by atoms with Gasteiger partial charge < -0.3 is 11.5 Å². The highest BCUT2D eigenvalue weighted by atomic mass is 36.0. The van der Waals surface area contributed by atoms with Gasteiger partial charge in [0, 0.05) is 0 Å². The molecule has 4 nitrogen and oxygen atoms in total. The van der Waals surface area contributed by atoms with Crippen LogP contribution in [0.1, 0.15) is 5.69 Å². The molecule has 0 amide bonds. The van der Waals surface area contributed by atoms with Crippen molar-refractivity contribution < 1.29 is 0 Å². The molecule has 1 aromatic heterocycles. The summed E-state index contributed by atoms with van der Waals surface area (Å²) in [5, 5.41) is 1.73. The highest BCUT2D eigenvalue weighted by Gasteiger charge is 2.27. The molecule has 0 bridgehead atoms. The number of anilines is 2. The lowest BCUT2D eigenvalue weighted by Gasteiger charge is -2.20. The SMILES string of the molecule is Nc1cnc(C2=CC=CS2(Cl)Cl)c(N)n1. The molecule has 0 unspecified atom stereocenters. The predicted molar refractivity (Wildman–Crippen MR) is 67.3 cm³/mol. The lowest BCUT2D eigenvalue weighted by atomic mass is 10.3. The Morgan fingerprint density at radius 2 is 2.00 bits per heavy atom. The molecule has 80 valence electrons. The Morgan fingerprint density at radius 1 is 1.27 bits per heavy atom. The lowest BCUT2D eigenvalue weighted by Crippen LogP contribution is -2.03. The van der Waals surface area contributed by atoms with Crippen molar-refractivity contribution in [3.05, 3.63) is 29.5 Å². The van der Waals surface area contributed by atoms with Crippen LogP contribution in [0.4, 0.5) is 11.6 Å². The number of allylic oxidation sites excluding steroid dienone is 2. The number of rotatable bonds is 1. The monoisotopic (exact) mass is 262 g/mol. The normalized spacial score (nSPS) is 20.0. The average Bonchev–Trinajstić information content (AvgIpc) is 2.46. The van der Waals surface area contributed by atoms with Gasteiger partial charge in [-0.2, -0.15) is 0 Å². The first-order valence-corrected chi connectivity index (χ1v) is 7.35. The molecule has 15 heavy (non-hydrogen) atoms. The summed E-state index contributed by atoms with van der Waals surface area (Å²) in [6, 6.07) is 0. The molecule has 2 heterocycles. The number of hydrogen-bond acceptors (Lipinski definition) is 4. The van der Waals surface area contributed by atoms with Crippen LogP contribution in [-0.4, -0.2) is 9.97 Å². The summed E-state index contributed by atoms with van der Waals surface area (Å²) in [5.41, 5.74) is 11.6. The molecular weight excluding hydrogens is 255 g/mol. The first-order chi connectivity index (χ1) is 7.00. The van der Waals surface area contributed by atoms with Crippen LogP contribution in [0.5, 0.6) is 0 Å². The highest BCUT2D eigenvalue weighted by molar-refractivity contribution is 8.73. The van der Waals surface area contributed by atoms with E-state index in [1.807, 2.05) is 0 Å². The fourth-order valence-corrected chi connectivity index (χ4v) is 3.41. The van der Waals surface area contributed by atoms with Gasteiger partial charge in [0.25, 0.3) is 0 Å². The largest absolute Gasteiger partial charge is 0.382 e. The molecule has 1 aliphatic heterocycles. The van der Waals surface area contributed by atoms with Crippen molar-refractivity contribution in [2.75, 3.05) is 11.5 Å². The average molecular weight is 263 g/mol. The summed E-state index contributed by atoms with van der Waals surface area (Å²) in [6.45, 7) is 0. The third-order valence-corrected chi connectivity index (χ3v) is 4.87. The van der Waals surface area contributed by atoms with Gasteiger partial charge >= 0.3 is 0 Å². The minimum atomic E-state index is -1.97.